The molecule has 1 aromatic rings. The monoisotopic (exact) mass is 361 g/mol. The van der Waals surface area contributed by atoms with Crippen molar-refractivity contribution in [3.63, 3.8) is 0 Å². The second-order valence-electron chi connectivity index (χ2n) is 5.15. The zero-order valence-electron chi connectivity index (χ0n) is 12.6. The van der Waals surface area contributed by atoms with Crippen LogP contribution in [0.1, 0.15) is 16.8 Å². The number of ether oxygens (including phenoxy) is 2. The number of methoxy groups -OCH3 is 2. The third-order valence-electron chi connectivity index (χ3n) is 3.54. The topological polar surface area (TPSA) is 90.0 Å². The molecule has 0 aliphatic carbocycles. The predicted molar refractivity (Wildman–Crippen MR) is 84.4 cm³/mol. The highest BCUT2D eigenvalue weighted by atomic mass is 35.7. The predicted octanol–water partition coefficient (Wildman–Crippen LogP) is 1.40. The van der Waals surface area contributed by atoms with E-state index in [1.165, 1.54) is 25.2 Å². The Morgan fingerprint density at radius 1 is 1.39 bits per heavy atom. The Balaban J connectivity index is 2.36. The number of nitrogens with zero attached hydrogens (tertiary/aromatic N) is 1. The Labute approximate surface area is 138 Å². The summed E-state index contributed by atoms with van der Waals surface area (Å²) in [6.45, 7) is 0.155. The summed E-state index contributed by atoms with van der Waals surface area (Å²) < 4.78 is 32.2. The average molecular weight is 362 g/mol. The SMILES string of the molecule is COC(=O)c1ccc(OC)cc1N1CC(CS(=O)(=O)Cl)CC1=O. The van der Waals surface area contributed by atoms with Crippen molar-refractivity contribution in [1.82, 2.24) is 0 Å². The number of halogens is 1. The van der Waals surface area contributed by atoms with Gasteiger partial charge in [-0.1, -0.05) is 0 Å². The summed E-state index contributed by atoms with van der Waals surface area (Å²) in [4.78, 5) is 25.5. The van der Waals surface area contributed by atoms with Gasteiger partial charge >= 0.3 is 5.97 Å². The van der Waals surface area contributed by atoms with Crippen molar-refractivity contribution in [1.29, 1.82) is 0 Å². The van der Waals surface area contributed by atoms with E-state index in [0.29, 0.717) is 11.4 Å². The van der Waals surface area contributed by atoms with Gasteiger partial charge in [0.25, 0.3) is 0 Å². The van der Waals surface area contributed by atoms with Crippen LogP contribution in [0.5, 0.6) is 5.75 Å². The van der Waals surface area contributed by atoms with Crippen molar-refractivity contribution >= 4 is 37.3 Å². The fourth-order valence-corrected chi connectivity index (χ4v) is 3.87. The van der Waals surface area contributed by atoms with Gasteiger partial charge in [0.15, 0.2) is 0 Å². The lowest BCUT2D eigenvalue weighted by molar-refractivity contribution is -0.117. The maximum atomic E-state index is 12.2. The largest absolute Gasteiger partial charge is 0.497 e. The van der Waals surface area contributed by atoms with Gasteiger partial charge in [-0.3, -0.25) is 4.79 Å². The second kappa shape index (κ2) is 6.76. The van der Waals surface area contributed by atoms with Crippen molar-refractivity contribution < 1.29 is 27.5 Å². The van der Waals surface area contributed by atoms with Gasteiger partial charge in [0.2, 0.25) is 15.0 Å². The molecule has 1 aromatic carbocycles. The lowest BCUT2D eigenvalue weighted by atomic mass is 10.1. The molecule has 23 heavy (non-hydrogen) atoms. The Kier molecular flexibility index (Phi) is 5.16. The van der Waals surface area contributed by atoms with E-state index in [2.05, 4.69) is 0 Å². The van der Waals surface area contributed by atoms with Gasteiger partial charge in [0.05, 0.1) is 31.2 Å². The first-order valence-electron chi connectivity index (χ1n) is 6.74. The van der Waals surface area contributed by atoms with Crippen LogP contribution in [0.25, 0.3) is 0 Å². The van der Waals surface area contributed by atoms with E-state index in [4.69, 9.17) is 20.2 Å². The van der Waals surface area contributed by atoms with E-state index in [1.807, 2.05) is 0 Å². The van der Waals surface area contributed by atoms with Crippen molar-refractivity contribution in [2.24, 2.45) is 5.92 Å². The molecule has 1 atom stereocenters. The Hall–Kier alpha value is -1.80. The minimum absolute atomic E-state index is 0.0454. The molecule has 1 heterocycles. The van der Waals surface area contributed by atoms with E-state index in [-0.39, 0.29) is 30.2 Å². The summed E-state index contributed by atoms with van der Waals surface area (Å²) in [5.41, 5.74) is 0.534. The number of benzene rings is 1. The number of anilines is 1. The number of hydrogen-bond donors (Lipinski definition) is 0. The van der Waals surface area contributed by atoms with Gasteiger partial charge in [-0.05, 0) is 12.1 Å². The van der Waals surface area contributed by atoms with Gasteiger partial charge < -0.3 is 14.4 Å². The van der Waals surface area contributed by atoms with Gasteiger partial charge in [-0.15, -0.1) is 0 Å². The number of hydrogen-bond acceptors (Lipinski definition) is 6. The minimum atomic E-state index is -3.70. The van der Waals surface area contributed by atoms with Crippen LogP contribution in [0.4, 0.5) is 5.69 Å². The highest BCUT2D eigenvalue weighted by Crippen LogP contribution is 2.32. The third-order valence-corrected chi connectivity index (χ3v) is 4.79. The van der Waals surface area contributed by atoms with E-state index < -0.39 is 20.9 Å². The summed E-state index contributed by atoms with van der Waals surface area (Å²) in [6, 6.07) is 4.62. The molecular formula is C14H16ClNO6S. The Bertz CT molecular complexity index is 733. The molecular weight excluding hydrogens is 346 g/mol. The van der Waals surface area contributed by atoms with Gasteiger partial charge in [0, 0.05) is 35.6 Å². The van der Waals surface area contributed by atoms with Crippen molar-refractivity contribution in [3.8, 4) is 5.75 Å². The molecule has 1 aliphatic rings. The molecule has 126 valence electrons. The summed E-state index contributed by atoms with van der Waals surface area (Å²) in [6.07, 6.45) is 0.0454. The van der Waals surface area contributed by atoms with Crippen LogP contribution in [0.15, 0.2) is 18.2 Å². The van der Waals surface area contributed by atoms with Crippen LogP contribution in [0.2, 0.25) is 0 Å². The van der Waals surface area contributed by atoms with Crippen LogP contribution in [-0.2, 0) is 18.6 Å². The summed E-state index contributed by atoms with van der Waals surface area (Å²) in [5.74, 6) is -1.14. The first kappa shape index (κ1) is 17.6. The Morgan fingerprint density at radius 3 is 2.65 bits per heavy atom. The first-order valence-corrected chi connectivity index (χ1v) is 9.22. The number of carbonyl (C=O) groups is 2. The summed E-state index contributed by atoms with van der Waals surface area (Å²) in [7, 11) is 4.26. The normalized spacial score (nSPS) is 18.1. The lowest BCUT2D eigenvalue weighted by Crippen LogP contribution is -2.27. The smallest absolute Gasteiger partial charge is 0.339 e. The molecule has 0 saturated carbocycles. The lowest BCUT2D eigenvalue weighted by Gasteiger charge is -2.20. The van der Waals surface area contributed by atoms with E-state index in [1.54, 1.807) is 12.1 Å². The molecule has 0 N–H and O–H groups in total. The highest BCUT2D eigenvalue weighted by Gasteiger charge is 2.35. The Morgan fingerprint density at radius 2 is 2.09 bits per heavy atom. The van der Waals surface area contributed by atoms with Crippen LogP contribution in [0.3, 0.4) is 0 Å². The molecule has 0 bridgehead atoms. The minimum Gasteiger partial charge on any atom is -0.497 e. The first-order chi connectivity index (χ1) is 10.7. The van der Waals surface area contributed by atoms with Crippen molar-refractivity contribution in [2.45, 2.75) is 6.42 Å². The van der Waals surface area contributed by atoms with E-state index in [9.17, 15) is 18.0 Å². The maximum Gasteiger partial charge on any atom is 0.339 e. The standard InChI is InChI=1S/C14H16ClNO6S/c1-21-10-3-4-11(14(18)22-2)12(6-10)16-7-9(5-13(16)17)8-23(15,19)20/h3-4,6,9H,5,7-8H2,1-2H3. The maximum absolute atomic E-state index is 12.2. The molecule has 1 fully saturated rings. The fraction of sp³-hybridized carbons (Fsp3) is 0.429. The van der Waals surface area contributed by atoms with Crippen LogP contribution in [-0.4, -0.2) is 46.8 Å². The number of amides is 1. The molecule has 7 nitrogen and oxygen atoms in total. The zero-order chi connectivity index (χ0) is 17.2. The molecule has 9 heteroatoms. The third kappa shape index (κ3) is 4.14. The van der Waals surface area contributed by atoms with Crippen molar-refractivity contribution in [2.75, 3.05) is 31.4 Å². The number of rotatable bonds is 5. The fourth-order valence-electron chi connectivity index (χ4n) is 2.55. The molecule has 1 saturated heterocycles. The molecule has 0 spiro atoms. The number of esters is 1. The van der Waals surface area contributed by atoms with Gasteiger partial charge in [-0.25, -0.2) is 13.2 Å². The molecule has 2 rings (SSSR count). The summed E-state index contributed by atoms with van der Waals surface area (Å²) >= 11 is 0. The number of carbonyl (C=O) groups excluding carboxylic acids is 2. The molecule has 0 aromatic heterocycles. The molecule has 1 unspecified atom stereocenters. The average Bonchev–Trinajstić information content (AvgIpc) is 2.84. The van der Waals surface area contributed by atoms with E-state index >= 15 is 0 Å². The quantitative estimate of drug-likeness (QED) is 0.581. The second-order valence-corrected chi connectivity index (χ2v) is 7.98. The van der Waals surface area contributed by atoms with Crippen LogP contribution >= 0.6 is 10.7 Å². The van der Waals surface area contributed by atoms with Crippen LogP contribution in [0, 0.1) is 5.92 Å². The molecule has 0 radical (unpaired) electrons. The van der Waals surface area contributed by atoms with Crippen LogP contribution < -0.4 is 9.64 Å². The van der Waals surface area contributed by atoms with Gasteiger partial charge in [-0.2, -0.15) is 0 Å². The summed E-state index contributed by atoms with van der Waals surface area (Å²) in [5, 5.41) is 0. The highest BCUT2D eigenvalue weighted by molar-refractivity contribution is 8.13. The zero-order valence-corrected chi connectivity index (χ0v) is 14.2. The molecule has 1 amide bonds. The van der Waals surface area contributed by atoms with E-state index in [0.717, 1.165) is 0 Å². The van der Waals surface area contributed by atoms with Crippen molar-refractivity contribution in [3.05, 3.63) is 23.8 Å². The molecule has 1 aliphatic heterocycles. The van der Waals surface area contributed by atoms with Gasteiger partial charge in [0.1, 0.15) is 5.75 Å².